The van der Waals surface area contributed by atoms with E-state index in [1.807, 2.05) is 0 Å². The molecule has 0 aromatic heterocycles. The number of allylic oxidation sites excluding steroid dienone is 3. The number of nitrogens with one attached hydrogen (secondary N) is 1. The van der Waals surface area contributed by atoms with E-state index in [9.17, 15) is 4.79 Å². The van der Waals surface area contributed by atoms with E-state index in [2.05, 4.69) is 62.1 Å². The summed E-state index contributed by atoms with van der Waals surface area (Å²) in [5.41, 5.74) is 4.17. The molecule has 0 aromatic rings. The van der Waals surface area contributed by atoms with E-state index in [0.717, 1.165) is 57.8 Å². The Morgan fingerprint density at radius 1 is 1.30 bits per heavy atom. The summed E-state index contributed by atoms with van der Waals surface area (Å²) in [4.78, 5) is 15.1. The van der Waals surface area contributed by atoms with Gasteiger partial charge in [-0.2, -0.15) is 0 Å². The number of hydrogen-bond acceptors (Lipinski definition) is 4. The van der Waals surface area contributed by atoms with E-state index in [1.165, 1.54) is 23.1 Å². The first kappa shape index (κ1) is 21.7. The van der Waals surface area contributed by atoms with Gasteiger partial charge in [-0.3, -0.25) is 9.69 Å². The molecular weight excluding hydrogens is 338 g/mol. The fourth-order valence-corrected chi connectivity index (χ4v) is 3.76. The van der Waals surface area contributed by atoms with Gasteiger partial charge in [-0.05, 0) is 71.5 Å². The summed E-state index contributed by atoms with van der Waals surface area (Å²) in [7, 11) is 4.22. The van der Waals surface area contributed by atoms with Crippen LogP contribution in [0.1, 0.15) is 40.0 Å². The lowest BCUT2D eigenvalue weighted by Crippen LogP contribution is -2.54. The van der Waals surface area contributed by atoms with Crippen molar-refractivity contribution in [3.63, 3.8) is 0 Å². The van der Waals surface area contributed by atoms with E-state index in [4.69, 9.17) is 4.74 Å². The van der Waals surface area contributed by atoms with Crippen molar-refractivity contribution in [2.24, 2.45) is 5.92 Å². The van der Waals surface area contributed by atoms with Crippen molar-refractivity contribution in [2.45, 2.75) is 46.1 Å². The van der Waals surface area contributed by atoms with Crippen LogP contribution in [0.3, 0.4) is 0 Å². The Labute approximate surface area is 165 Å². The number of carbonyl (C=O) groups excluding carboxylic acids is 1. The van der Waals surface area contributed by atoms with Gasteiger partial charge in [0.1, 0.15) is 0 Å². The molecule has 1 aliphatic carbocycles. The lowest BCUT2D eigenvalue weighted by molar-refractivity contribution is -0.110. The predicted octanol–water partition coefficient (Wildman–Crippen LogP) is 2.96. The van der Waals surface area contributed by atoms with Crippen LogP contribution in [-0.4, -0.2) is 69.1 Å². The average molecular weight is 376 g/mol. The zero-order valence-electron chi connectivity index (χ0n) is 17.8. The highest BCUT2D eigenvalue weighted by molar-refractivity contribution is 5.46. The third-order valence-corrected chi connectivity index (χ3v) is 5.72. The zero-order chi connectivity index (χ0) is 19.8. The van der Waals surface area contributed by atoms with Gasteiger partial charge in [0.2, 0.25) is 6.41 Å². The standard InChI is InChI=1S/C22H37N3O2/c1-17-12-21(27-11-7-6-10-24(4)5)8-9-22(18(17)2)19(3)25-14-20(15-25)13-23-16-26/h8-9,16,19-20H,6-7,10-15H2,1-5H3,(H,23,26). The Morgan fingerprint density at radius 3 is 2.70 bits per heavy atom. The largest absolute Gasteiger partial charge is 0.498 e. The monoisotopic (exact) mass is 375 g/mol. The highest BCUT2D eigenvalue weighted by Crippen LogP contribution is 2.31. The van der Waals surface area contributed by atoms with Gasteiger partial charge in [-0.1, -0.05) is 11.6 Å². The molecule has 1 heterocycles. The van der Waals surface area contributed by atoms with Crippen LogP contribution in [-0.2, 0) is 9.53 Å². The van der Waals surface area contributed by atoms with Crippen molar-refractivity contribution in [3.05, 3.63) is 34.6 Å². The maximum atomic E-state index is 10.4. The molecule has 1 atom stereocenters. The molecule has 2 rings (SSSR count). The second-order valence-corrected chi connectivity index (χ2v) is 8.22. The van der Waals surface area contributed by atoms with Crippen LogP contribution < -0.4 is 5.32 Å². The summed E-state index contributed by atoms with van der Waals surface area (Å²) in [6.07, 6.45) is 8.38. The molecule has 152 valence electrons. The average Bonchev–Trinajstić information content (AvgIpc) is 2.72. The molecule has 1 fully saturated rings. The number of carbonyl (C=O) groups is 1. The van der Waals surface area contributed by atoms with Crippen LogP contribution >= 0.6 is 0 Å². The fraction of sp³-hybridized carbons (Fsp3) is 0.682. The minimum atomic E-state index is 0.392. The molecule has 1 aliphatic heterocycles. The summed E-state index contributed by atoms with van der Waals surface area (Å²) in [5, 5.41) is 2.80. The summed E-state index contributed by atoms with van der Waals surface area (Å²) in [6.45, 7) is 11.5. The van der Waals surface area contributed by atoms with Crippen molar-refractivity contribution in [2.75, 3.05) is 46.9 Å². The minimum Gasteiger partial charge on any atom is -0.498 e. The normalized spacial score (nSPS) is 19.9. The zero-order valence-corrected chi connectivity index (χ0v) is 17.8. The van der Waals surface area contributed by atoms with Gasteiger partial charge in [-0.15, -0.1) is 0 Å². The van der Waals surface area contributed by atoms with E-state index in [0.29, 0.717) is 12.0 Å². The number of unbranched alkanes of at least 4 members (excludes halogenated alkanes) is 1. The SMILES string of the molecule is CC1=C(C)C(C(C)N2CC(CNC=O)C2)=CC=C(OCCCCN(C)C)C1. The van der Waals surface area contributed by atoms with Gasteiger partial charge in [0.25, 0.3) is 0 Å². The van der Waals surface area contributed by atoms with Gasteiger partial charge >= 0.3 is 0 Å². The summed E-state index contributed by atoms with van der Waals surface area (Å²) in [6, 6.07) is 0.392. The molecule has 1 saturated heterocycles. The number of rotatable bonds is 11. The molecule has 0 aromatic carbocycles. The van der Waals surface area contributed by atoms with Crippen molar-refractivity contribution >= 4 is 6.41 Å². The van der Waals surface area contributed by atoms with Crippen LogP contribution in [0.4, 0.5) is 0 Å². The van der Waals surface area contributed by atoms with Gasteiger partial charge < -0.3 is 15.0 Å². The Balaban J connectivity index is 1.89. The van der Waals surface area contributed by atoms with Crippen LogP contribution in [0, 0.1) is 5.92 Å². The first-order valence-electron chi connectivity index (χ1n) is 10.2. The molecule has 27 heavy (non-hydrogen) atoms. The molecule has 0 spiro atoms. The number of hydrogen-bond donors (Lipinski definition) is 1. The molecule has 5 heteroatoms. The second kappa shape index (κ2) is 10.7. The molecule has 1 unspecified atom stereocenters. The van der Waals surface area contributed by atoms with Crippen LogP contribution in [0.25, 0.3) is 0 Å². The van der Waals surface area contributed by atoms with Crippen molar-refractivity contribution < 1.29 is 9.53 Å². The Morgan fingerprint density at radius 2 is 2.04 bits per heavy atom. The molecule has 1 N–H and O–H groups in total. The second-order valence-electron chi connectivity index (χ2n) is 8.22. The van der Waals surface area contributed by atoms with Gasteiger partial charge in [-0.25, -0.2) is 0 Å². The molecule has 1 amide bonds. The molecular formula is C22H37N3O2. The van der Waals surface area contributed by atoms with Gasteiger partial charge in [0.05, 0.1) is 12.4 Å². The lowest BCUT2D eigenvalue weighted by Gasteiger charge is -2.44. The fourth-order valence-electron chi connectivity index (χ4n) is 3.76. The number of ether oxygens (including phenoxy) is 1. The van der Waals surface area contributed by atoms with E-state index < -0.39 is 0 Å². The molecule has 2 aliphatic rings. The number of amides is 1. The molecule has 0 radical (unpaired) electrons. The van der Waals surface area contributed by atoms with Crippen molar-refractivity contribution in [3.8, 4) is 0 Å². The Bertz CT molecular complexity index is 586. The Hall–Kier alpha value is -1.59. The van der Waals surface area contributed by atoms with E-state index in [1.54, 1.807) is 0 Å². The quantitative estimate of drug-likeness (QED) is 0.445. The maximum Gasteiger partial charge on any atom is 0.207 e. The topological polar surface area (TPSA) is 44.8 Å². The summed E-state index contributed by atoms with van der Waals surface area (Å²) < 4.78 is 6.06. The summed E-state index contributed by atoms with van der Waals surface area (Å²) in [5.74, 6) is 1.65. The van der Waals surface area contributed by atoms with Crippen LogP contribution in [0.15, 0.2) is 34.6 Å². The van der Waals surface area contributed by atoms with E-state index in [-0.39, 0.29) is 0 Å². The van der Waals surface area contributed by atoms with Gasteiger partial charge in [0, 0.05) is 38.0 Å². The molecule has 0 bridgehead atoms. The van der Waals surface area contributed by atoms with Crippen LogP contribution in [0.5, 0.6) is 0 Å². The van der Waals surface area contributed by atoms with E-state index >= 15 is 0 Å². The van der Waals surface area contributed by atoms with Crippen molar-refractivity contribution in [1.82, 2.24) is 15.1 Å². The van der Waals surface area contributed by atoms with Crippen LogP contribution in [0.2, 0.25) is 0 Å². The number of likely N-dealkylation sites (tertiary alicyclic amines) is 1. The summed E-state index contributed by atoms with van der Waals surface area (Å²) >= 11 is 0. The third kappa shape index (κ3) is 6.51. The highest BCUT2D eigenvalue weighted by Gasteiger charge is 2.32. The minimum absolute atomic E-state index is 0.392. The predicted molar refractivity (Wildman–Crippen MR) is 111 cm³/mol. The smallest absolute Gasteiger partial charge is 0.207 e. The van der Waals surface area contributed by atoms with Crippen molar-refractivity contribution in [1.29, 1.82) is 0 Å². The first-order chi connectivity index (χ1) is 12.9. The lowest BCUT2D eigenvalue weighted by atomic mass is 9.90. The number of nitrogens with zero attached hydrogens (tertiary/aromatic N) is 2. The van der Waals surface area contributed by atoms with Gasteiger partial charge in [0.15, 0.2) is 0 Å². The first-order valence-corrected chi connectivity index (χ1v) is 10.2. The highest BCUT2D eigenvalue weighted by atomic mass is 16.5. The molecule has 5 nitrogen and oxygen atoms in total. The Kier molecular flexibility index (Phi) is 8.58. The maximum absolute atomic E-state index is 10.4. The molecule has 0 saturated carbocycles. The third-order valence-electron chi connectivity index (χ3n) is 5.72.